The van der Waals surface area contributed by atoms with Gasteiger partial charge < -0.3 is 14.9 Å². The number of nitrogens with one attached hydrogen (secondary N) is 3. The number of H-pyrrole nitrogens is 2. The summed E-state index contributed by atoms with van der Waals surface area (Å²) in [7, 11) is 1.90. The zero-order valence-electron chi connectivity index (χ0n) is 11.4. The predicted molar refractivity (Wildman–Crippen MR) is 78.3 cm³/mol. The highest BCUT2D eigenvalue weighted by Crippen LogP contribution is 2.12. The number of rotatable bonds is 6. The van der Waals surface area contributed by atoms with Crippen LogP contribution in [0, 0.1) is 0 Å². The van der Waals surface area contributed by atoms with Gasteiger partial charge in [-0.1, -0.05) is 11.8 Å². The molecule has 0 saturated carbocycles. The Morgan fingerprint density at radius 2 is 2.29 bits per heavy atom. The van der Waals surface area contributed by atoms with Gasteiger partial charge in [-0.25, -0.2) is 9.78 Å². The van der Waals surface area contributed by atoms with Gasteiger partial charge in [0.25, 0.3) is 5.56 Å². The van der Waals surface area contributed by atoms with E-state index in [2.05, 4.69) is 20.3 Å². The molecule has 0 aliphatic carbocycles. The maximum atomic E-state index is 11.7. The normalized spacial score (nSPS) is 10.5. The summed E-state index contributed by atoms with van der Waals surface area (Å²) in [5.41, 5.74) is -0.907. The number of imidazole rings is 1. The second kappa shape index (κ2) is 6.93. The van der Waals surface area contributed by atoms with E-state index < -0.39 is 11.2 Å². The van der Waals surface area contributed by atoms with Crippen LogP contribution in [0.5, 0.6) is 0 Å². The van der Waals surface area contributed by atoms with Gasteiger partial charge in [-0.3, -0.25) is 14.6 Å². The third-order valence-electron chi connectivity index (χ3n) is 2.68. The van der Waals surface area contributed by atoms with Crippen LogP contribution in [0.2, 0.25) is 0 Å². The average molecular weight is 309 g/mol. The van der Waals surface area contributed by atoms with Gasteiger partial charge in [0, 0.05) is 43.5 Å². The number of carbonyl (C=O) groups excluding carboxylic acids is 1. The lowest BCUT2D eigenvalue weighted by atomic mass is 10.2. The van der Waals surface area contributed by atoms with E-state index in [0.717, 1.165) is 5.16 Å². The number of carbonyl (C=O) groups is 1. The minimum absolute atomic E-state index is 0.0703. The molecule has 2 heterocycles. The average Bonchev–Trinajstić information content (AvgIpc) is 2.84. The number of amides is 1. The Bertz CT molecular complexity index is 733. The monoisotopic (exact) mass is 309 g/mol. The minimum Gasteiger partial charge on any atom is -0.355 e. The standard InChI is InChI=1S/C12H15N5O3S/c1-17-4-2-14-12(17)21-5-3-13-9(18)6-8-7-15-11(20)16-10(8)19/h2,4,7H,3,5-6H2,1H3,(H,13,18)(H2,15,16,19,20). The maximum Gasteiger partial charge on any atom is 0.325 e. The van der Waals surface area contributed by atoms with Crippen molar-refractivity contribution in [3.63, 3.8) is 0 Å². The first kappa shape index (κ1) is 15.1. The van der Waals surface area contributed by atoms with Crippen molar-refractivity contribution in [3.8, 4) is 0 Å². The van der Waals surface area contributed by atoms with Crippen LogP contribution in [-0.4, -0.2) is 37.7 Å². The van der Waals surface area contributed by atoms with E-state index >= 15 is 0 Å². The molecule has 8 nitrogen and oxygen atoms in total. The second-order valence-corrected chi connectivity index (χ2v) is 5.36. The van der Waals surface area contributed by atoms with Crippen molar-refractivity contribution in [2.24, 2.45) is 7.05 Å². The highest BCUT2D eigenvalue weighted by Gasteiger charge is 2.07. The molecular formula is C12H15N5O3S. The summed E-state index contributed by atoms with van der Waals surface area (Å²) in [5, 5.41) is 3.59. The fraction of sp³-hybridized carbons (Fsp3) is 0.333. The van der Waals surface area contributed by atoms with Gasteiger partial charge in [-0.05, 0) is 0 Å². The van der Waals surface area contributed by atoms with E-state index in [1.165, 1.54) is 18.0 Å². The Morgan fingerprint density at radius 3 is 2.95 bits per heavy atom. The van der Waals surface area contributed by atoms with Crippen molar-refractivity contribution >= 4 is 17.7 Å². The van der Waals surface area contributed by atoms with Crippen LogP contribution < -0.4 is 16.6 Å². The summed E-state index contributed by atoms with van der Waals surface area (Å²) in [6, 6.07) is 0. The van der Waals surface area contributed by atoms with Crippen LogP contribution in [0.3, 0.4) is 0 Å². The van der Waals surface area contributed by atoms with Crippen molar-refractivity contribution in [2.75, 3.05) is 12.3 Å². The minimum atomic E-state index is -0.587. The molecule has 9 heteroatoms. The number of hydrogen-bond donors (Lipinski definition) is 3. The molecule has 2 aromatic rings. The maximum absolute atomic E-state index is 11.7. The zero-order chi connectivity index (χ0) is 15.2. The number of aromatic amines is 2. The molecule has 0 atom stereocenters. The summed E-state index contributed by atoms with van der Waals surface area (Å²) in [5.74, 6) is 0.409. The molecule has 0 fully saturated rings. The van der Waals surface area contributed by atoms with Crippen LogP contribution in [0.1, 0.15) is 5.56 Å². The van der Waals surface area contributed by atoms with Crippen molar-refractivity contribution in [3.05, 3.63) is 45.0 Å². The molecule has 1 amide bonds. The van der Waals surface area contributed by atoms with E-state index in [1.54, 1.807) is 6.20 Å². The fourth-order valence-corrected chi connectivity index (χ4v) is 2.41. The Labute approximate surface area is 124 Å². The van der Waals surface area contributed by atoms with E-state index in [1.807, 2.05) is 17.8 Å². The third kappa shape index (κ3) is 4.35. The zero-order valence-corrected chi connectivity index (χ0v) is 12.2. The lowest BCUT2D eigenvalue weighted by molar-refractivity contribution is -0.120. The van der Waals surface area contributed by atoms with Gasteiger partial charge in [0.1, 0.15) is 0 Å². The van der Waals surface area contributed by atoms with E-state index in [0.29, 0.717) is 12.3 Å². The molecule has 0 bridgehead atoms. The van der Waals surface area contributed by atoms with Crippen LogP contribution in [-0.2, 0) is 18.3 Å². The Kier molecular flexibility index (Phi) is 4.99. The predicted octanol–water partition coefficient (Wildman–Crippen LogP) is -0.752. The highest BCUT2D eigenvalue weighted by atomic mass is 32.2. The van der Waals surface area contributed by atoms with Gasteiger partial charge in [0.05, 0.1) is 6.42 Å². The molecule has 0 spiro atoms. The number of aromatic nitrogens is 4. The van der Waals surface area contributed by atoms with E-state index in [4.69, 9.17) is 0 Å². The molecule has 21 heavy (non-hydrogen) atoms. The first-order valence-electron chi connectivity index (χ1n) is 6.24. The molecule has 2 aromatic heterocycles. The van der Waals surface area contributed by atoms with Crippen LogP contribution in [0.25, 0.3) is 0 Å². The second-order valence-electron chi connectivity index (χ2n) is 4.29. The third-order valence-corrected chi connectivity index (χ3v) is 3.74. The van der Waals surface area contributed by atoms with Crippen LogP contribution in [0.15, 0.2) is 33.3 Å². The lowest BCUT2D eigenvalue weighted by Gasteiger charge is -2.05. The first-order chi connectivity index (χ1) is 10.1. The SMILES string of the molecule is Cn1ccnc1SCCNC(=O)Cc1c[nH]c(=O)[nH]c1=O. The molecule has 3 N–H and O–H groups in total. The van der Waals surface area contributed by atoms with E-state index in [-0.39, 0.29) is 17.9 Å². The Morgan fingerprint density at radius 1 is 1.48 bits per heavy atom. The van der Waals surface area contributed by atoms with Gasteiger partial charge in [-0.2, -0.15) is 0 Å². The highest BCUT2D eigenvalue weighted by molar-refractivity contribution is 7.99. The van der Waals surface area contributed by atoms with Crippen LogP contribution in [0.4, 0.5) is 0 Å². The number of hydrogen-bond acceptors (Lipinski definition) is 5. The first-order valence-corrected chi connectivity index (χ1v) is 7.22. The molecule has 0 unspecified atom stereocenters. The summed E-state index contributed by atoms with van der Waals surface area (Å²) in [6.07, 6.45) is 4.75. The Balaban J connectivity index is 1.76. The molecular weight excluding hydrogens is 294 g/mol. The van der Waals surface area contributed by atoms with Crippen molar-refractivity contribution in [1.82, 2.24) is 24.8 Å². The smallest absolute Gasteiger partial charge is 0.325 e. The Hall–Kier alpha value is -2.29. The van der Waals surface area contributed by atoms with Crippen molar-refractivity contribution in [2.45, 2.75) is 11.6 Å². The quantitative estimate of drug-likeness (QED) is 0.480. The largest absolute Gasteiger partial charge is 0.355 e. The van der Waals surface area contributed by atoms with Gasteiger partial charge in [-0.15, -0.1) is 0 Å². The molecule has 0 aliphatic heterocycles. The molecule has 0 aromatic carbocycles. The summed E-state index contributed by atoms with van der Waals surface area (Å²) < 4.78 is 1.90. The van der Waals surface area contributed by atoms with Crippen molar-refractivity contribution < 1.29 is 4.79 Å². The van der Waals surface area contributed by atoms with Gasteiger partial charge >= 0.3 is 5.69 Å². The lowest BCUT2D eigenvalue weighted by Crippen LogP contribution is -2.31. The topological polar surface area (TPSA) is 113 Å². The van der Waals surface area contributed by atoms with Crippen molar-refractivity contribution in [1.29, 1.82) is 0 Å². The van der Waals surface area contributed by atoms with Gasteiger partial charge in [0.2, 0.25) is 5.91 Å². The number of nitrogens with zero attached hydrogens (tertiary/aromatic N) is 2. The summed E-state index contributed by atoms with van der Waals surface area (Å²) >= 11 is 1.53. The molecule has 112 valence electrons. The number of thioether (sulfide) groups is 1. The van der Waals surface area contributed by atoms with Gasteiger partial charge in [0.15, 0.2) is 5.16 Å². The molecule has 2 rings (SSSR count). The van der Waals surface area contributed by atoms with E-state index in [9.17, 15) is 14.4 Å². The summed E-state index contributed by atoms with van der Waals surface area (Å²) in [6.45, 7) is 0.470. The molecule has 0 aliphatic rings. The fourth-order valence-electron chi connectivity index (χ4n) is 1.63. The summed E-state index contributed by atoms with van der Waals surface area (Å²) in [4.78, 5) is 42.5. The number of aryl methyl sites for hydroxylation is 1. The van der Waals surface area contributed by atoms with Crippen LogP contribution >= 0.6 is 11.8 Å². The molecule has 0 saturated heterocycles. The molecule has 0 radical (unpaired) electrons.